The number of rotatable bonds is 10. The summed E-state index contributed by atoms with van der Waals surface area (Å²) in [6.07, 6.45) is 0.445. The Kier molecular flexibility index (Phi) is 8.01. The summed E-state index contributed by atoms with van der Waals surface area (Å²) in [5, 5.41) is 0. The number of hydrogen-bond donors (Lipinski definition) is 0. The second kappa shape index (κ2) is 10.7. The van der Waals surface area contributed by atoms with Gasteiger partial charge in [0.25, 0.3) is 5.91 Å². The molecule has 2 aromatic rings. The molecule has 0 bridgehead atoms. The summed E-state index contributed by atoms with van der Waals surface area (Å²) in [4.78, 5) is 17.0. The maximum absolute atomic E-state index is 13.1. The molecule has 7 nitrogen and oxygen atoms in total. The van der Waals surface area contributed by atoms with Crippen LogP contribution in [0.25, 0.3) is 0 Å². The number of para-hydroxylation sites is 2. The highest BCUT2D eigenvalue weighted by Crippen LogP contribution is 2.27. The lowest BCUT2D eigenvalue weighted by Gasteiger charge is -2.29. The first-order chi connectivity index (χ1) is 15.4. The van der Waals surface area contributed by atoms with Crippen LogP contribution >= 0.6 is 0 Å². The lowest BCUT2D eigenvalue weighted by atomic mass is 10.1. The van der Waals surface area contributed by atoms with Crippen LogP contribution in [-0.4, -0.2) is 63.6 Å². The summed E-state index contributed by atoms with van der Waals surface area (Å²) in [6.45, 7) is 6.21. The van der Waals surface area contributed by atoms with Gasteiger partial charge in [-0.1, -0.05) is 24.3 Å². The summed E-state index contributed by atoms with van der Waals surface area (Å²) < 4.78 is 35.2. The van der Waals surface area contributed by atoms with Crippen LogP contribution in [0.15, 0.2) is 48.5 Å². The Hall–Kier alpha value is -2.74. The van der Waals surface area contributed by atoms with Crippen LogP contribution in [0, 0.1) is 0 Å². The highest BCUT2D eigenvalue weighted by atomic mass is 32.2. The van der Waals surface area contributed by atoms with Gasteiger partial charge in [-0.25, -0.2) is 8.42 Å². The quantitative estimate of drug-likeness (QED) is 0.542. The average molecular weight is 461 g/mol. The monoisotopic (exact) mass is 460 g/mol. The molecule has 1 fully saturated rings. The molecule has 2 aromatic carbocycles. The summed E-state index contributed by atoms with van der Waals surface area (Å²) in [5.41, 5.74) is 2.08. The first-order valence-corrected chi connectivity index (χ1v) is 12.8. The fraction of sp³-hybridized carbons (Fsp3) is 0.458. The maximum Gasteiger partial charge on any atom is 0.261 e. The van der Waals surface area contributed by atoms with E-state index in [2.05, 4.69) is 18.7 Å². The molecule has 1 amide bonds. The van der Waals surface area contributed by atoms with Crippen LogP contribution in [-0.2, 0) is 21.2 Å². The van der Waals surface area contributed by atoms with Crippen LogP contribution < -0.4 is 14.4 Å². The van der Waals surface area contributed by atoms with Crippen LogP contribution in [0.1, 0.15) is 25.8 Å². The minimum Gasteiger partial charge on any atom is -0.493 e. The third-order valence-corrected chi connectivity index (χ3v) is 7.56. The molecule has 3 rings (SSSR count). The third-order valence-electron chi connectivity index (χ3n) is 5.81. The highest BCUT2D eigenvalue weighted by molar-refractivity contribution is 7.91. The van der Waals surface area contributed by atoms with Crippen molar-refractivity contribution in [1.29, 1.82) is 0 Å². The number of ether oxygens (including phenoxy) is 2. The lowest BCUT2D eigenvalue weighted by molar-refractivity contribution is -0.136. The van der Waals surface area contributed by atoms with Crippen LogP contribution in [0.3, 0.4) is 0 Å². The molecule has 1 aliphatic heterocycles. The van der Waals surface area contributed by atoms with E-state index in [4.69, 9.17) is 9.47 Å². The average Bonchev–Trinajstić information content (AvgIpc) is 3.17. The van der Waals surface area contributed by atoms with E-state index in [1.165, 1.54) is 0 Å². The number of carbonyl (C=O) groups excluding carboxylic acids is 1. The van der Waals surface area contributed by atoms with Gasteiger partial charge in [0.05, 0.1) is 18.6 Å². The molecule has 174 valence electrons. The van der Waals surface area contributed by atoms with E-state index in [1.807, 2.05) is 30.3 Å². The van der Waals surface area contributed by atoms with E-state index < -0.39 is 9.84 Å². The summed E-state index contributed by atoms with van der Waals surface area (Å²) in [5.74, 6) is 0.875. The Morgan fingerprint density at radius 3 is 2.25 bits per heavy atom. The van der Waals surface area contributed by atoms with Crippen molar-refractivity contribution in [2.45, 2.75) is 32.9 Å². The van der Waals surface area contributed by atoms with Crippen molar-refractivity contribution in [1.82, 2.24) is 4.90 Å². The number of nitrogens with zero attached hydrogens (tertiary/aromatic N) is 2. The van der Waals surface area contributed by atoms with Crippen molar-refractivity contribution in [3.8, 4) is 11.5 Å². The third kappa shape index (κ3) is 5.94. The zero-order valence-corrected chi connectivity index (χ0v) is 19.8. The van der Waals surface area contributed by atoms with Crippen molar-refractivity contribution in [3.63, 3.8) is 0 Å². The zero-order valence-electron chi connectivity index (χ0n) is 19.0. The van der Waals surface area contributed by atoms with Gasteiger partial charge in [0, 0.05) is 31.4 Å². The predicted molar refractivity (Wildman–Crippen MR) is 126 cm³/mol. The molecule has 1 saturated heterocycles. The van der Waals surface area contributed by atoms with Gasteiger partial charge in [-0.05, 0) is 50.1 Å². The number of anilines is 1. The fourth-order valence-electron chi connectivity index (χ4n) is 4.00. The summed E-state index contributed by atoms with van der Waals surface area (Å²) in [6, 6.07) is 14.9. The smallest absolute Gasteiger partial charge is 0.261 e. The van der Waals surface area contributed by atoms with Crippen molar-refractivity contribution >= 4 is 21.4 Å². The van der Waals surface area contributed by atoms with Gasteiger partial charge in [0.1, 0.15) is 0 Å². The normalized spacial score (nSPS) is 17.0. The van der Waals surface area contributed by atoms with E-state index in [0.717, 1.165) is 24.3 Å². The largest absolute Gasteiger partial charge is 0.493 e. The molecule has 0 saturated carbocycles. The molecule has 0 aliphatic carbocycles. The molecule has 0 aromatic heterocycles. The number of carbonyl (C=O) groups is 1. The van der Waals surface area contributed by atoms with Crippen molar-refractivity contribution in [2.24, 2.45) is 0 Å². The SMILES string of the molecule is CCN(CC)c1ccc(CN(C(=O)COc2ccccc2OC)C2CCS(=O)(=O)C2)cc1. The minimum absolute atomic E-state index is 0.00900. The zero-order chi connectivity index (χ0) is 23.1. The van der Waals surface area contributed by atoms with Gasteiger partial charge in [-0.15, -0.1) is 0 Å². The Balaban J connectivity index is 1.75. The molecular formula is C24H32N2O5S. The molecule has 0 N–H and O–H groups in total. The van der Waals surface area contributed by atoms with Gasteiger partial charge in [-0.2, -0.15) is 0 Å². The van der Waals surface area contributed by atoms with Crippen LogP contribution in [0.2, 0.25) is 0 Å². The van der Waals surface area contributed by atoms with Gasteiger partial charge in [-0.3, -0.25) is 4.79 Å². The Morgan fingerprint density at radius 1 is 1.03 bits per heavy atom. The number of amides is 1. The second-order valence-corrected chi connectivity index (χ2v) is 10.1. The lowest BCUT2D eigenvalue weighted by Crippen LogP contribution is -2.43. The highest BCUT2D eigenvalue weighted by Gasteiger charge is 2.35. The number of benzene rings is 2. The molecule has 0 radical (unpaired) electrons. The Bertz CT molecular complexity index is 1000. The number of methoxy groups -OCH3 is 1. The molecule has 8 heteroatoms. The second-order valence-electron chi connectivity index (χ2n) is 7.86. The van der Waals surface area contributed by atoms with E-state index in [9.17, 15) is 13.2 Å². The van der Waals surface area contributed by atoms with Crippen molar-refractivity contribution < 1.29 is 22.7 Å². The van der Waals surface area contributed by atoms with E-state index in [-0.39, 0.29) is 30.1 Å². The minimum atomic E-state index is -3.13. The molecule has 1 atom stereocenters. The maximum atomic E-state index is 13.1. The summed E-state index contributed by atoms with van der Waals surface area (Å²) in [7, 11) is -1.59. The summed E-state index contributed by atoms with van der Waals surface area (Å²) >= 11 is 0. The predicted octanol–water partition coefficient (Wildman–Crippen LogP) is 3.14. The first kappa shape index (κ1) is 23.9. The number of sulfone groups is 1. The van der Waals surface area contributed by atoms with Gasteiger partial charge in [0.15, 0.2) is 27.9 Å². The van der Waals surface area contributed by atoms with Gasteiger partial charge in [0.2, 0.25) is 0 Å². The molecule has 32 heavy (non-hydrogen) atoms. The van der Waals surface area contributed by atoms with Gasteiger partial charge < -0.3 is 19.3 Å². The Morgan fingerprint density at radius 2 is 1.69 bits per heavy atom. The van der Waals surface area contributed by atoms with Crippen LogP contribution in [0.4, 0.5) is 5.69 Å². The topological polar surface area (TPSA) is 76.2 Å². The first-order valence-electron chi connectivity index (χ1n) is 11.0. The van der Waals surface area contributed by atoms with Crippen molar-refractivity contribution in [3.05, 3.63) is 54.1 Å². The van der Waals surface area contributed by atoms with Crippen molar-refractivity contribution in [2.75, 3.05) is 43.2 Å². The van der Waals surface area contributed by atoms with E-state index >= 15 is 0 Å². The van der Waals surface area contributed by atoms with Crippen LogP contribution in [0.5, 0.6) is 11.5 Å². The molecule has 0 spiro atoms. The molecule has 1 aliphatic rings. The molecule has 1 heterocycles. The molecule has 1 unspecified atom stereocenters. The number of hydrogen-bond acceptors (Lipinski definition) is 6. The standard InChI is InChI=1S/C24H32N2O5S/c1-4-25(5-2)20-12-10-19(11-13-20)16-26(21-14-15-32(28,29)18-21)24(27)17-31-23-9-7-6-8-22(23)30-3/h6-13,21H,4-5,14-18H2,1-3H3. The van der Waals surface area contributed by atoms with E-state index in [0.29, 0.717) is 24.5 Å². The van der Waals surface area contributed by atoms with E-state index in [1.54, 1.807) is 30.2 Å². The fourth-order valence-corrected chi connectivity index (χ4v) is 5.73. The Labute approximate surface area is 190 Å². The molecular weight excluding hydrogens is 428 g/mol. The van der Waals surface area contributed by atoms with Gasteiger partial charge >= 0.3 is 0 Å².